The average Bonchev–Trinajstić information content (AvgIpc) is 1.87. The summed E-state index contributed by atoms with van der Waals surface area (Å²) in [5, 5.41) is 0. The normalized spacial score (nSPS) is 12.8. The molecule has 54 valence electrons. The Morgan fingerprint density at radius 3 is 2.67 bits per heavy atom. The molecule has 0 rings (SSSR count). The molecule has 1 atom stereocenters. The first-order valence-corrected chi connectivity index (χ1v) is 3.49. The maximum atomic E-state index is 10.4. The monoisotopic (exact) mass is 150 g/mol. The van der Waals surface area contributed by atoms with Crippen LogP contribution in [0.2, 0.25) is 0 Å². The SMILES string of the molecule is CC[C@H](C)OC(=O)CCl. The second-order valence-corrected chi connectivity index (χ2v) is 2.11. The summed E-state index contributed by atoms with van der Waals surface area (Å²) in [6.07, 6.45) is 0.832. The molecular formula is C6H11ClO2. The molecule has 0 bridgehead atoms. The summed E-state index contributed by atoms with van der Waals surface area (Å²) in [7, 11) is 0. The molecule has 0 spiro atoms. The van der Waals surface area contributed by atoms with Crippen LogP contribution in [0.3, 0.4) is 0 Å². The lowest BCUT2D eigenvalue weighted by molar-refractivity contribution is -0.145. The zero-order chi connectivity index (χ0) is 7.28. The van der Waals surface area contributed by atoms with Gasteiger partial charge < -0.3 is 4.74 Å². The minimum atomic E-state index is -0.342. The molecule has 0 fully saturated rings. The number of ether oxygens (including phenoxy) is 1. The summed E-state index contributed by atoms with van der Waals surface area (Å²) < 4.78 is 4.78. The number of carbonyl (C=O) groups is 1. The van der Waals surface area contributed by atoms with E-state index in [0.29, 0.717) is 0 Å². The highest BCUT2D eigenvalue weighted by Gasteiger charge is 2.03. The molecule has 0 radical (unpaired) electrons. The van der Waals surface area contributed by atoms with Gasteiger partial charge in [0.1, 0.15) is 5.88 Å². The third-order valence-electron chi connectivity index (χ3n) is 1.02. The molecule has 0 aromatic rings. The van der Waals surface area contributed by atoms with Gasteiger partial charge in [0.15, 0.2) is 0 Å². The molecule has 0 aliphatic heterocycles. The van der Waals surface area contributed by atoms with Gasteiger partial charge in [-0.15, -0.1) is 11.6 Å². The van der Waals surface area contributed by atoms with E-state index in [1.807, 2.05) is 13.8 Å². The van der Waals surface area contributed by atoms with Gasteiger partial charge >= 0.3 is 5.97 Å². The van der Waals surface area contributed by atoms with E-state index in [0.717, 1.165) is 6.42 Å². The number of carbonyl (C=O) groups excluding carboxylic acids is 1. The molecule has 0 aliphatic rings. The molecule has 0 aromatic carbocycles. The summed E-state index contributed by atoms with van der Waals surface area (Å²) in [6.45, 7) is 3.79. The fourth-order valence-corrected chi connectivity index (χ4v) is 0.402. The van der Waals surface area contributed by atoms with Gasteiger partial charge in [-0.1, -0.05) is 6.92 Å². The van der Waals surface area contributed by atoms with Crippen molar-refractivity contribution in [3.63, 3.8) is 0 Å². The smallest absolute Gasteiger partial charge is 0.321 e. The largest absolute Gasteiger partial charge is 0.462 e. The Bertz CT molecular complexity index is 93.1. The van der Waals surface area contributed by atoms with Crippen molar-refractivity contribution in [1.82, 2.24) is 0 Å². The molecule has 0 N–H and O–H groups in total. The number of alkyl halides is 1. The second kappa shape index (κ2) is 4.62. The maximum absolute atomic E-state index is 10.4. The van der Waals surface area contributed by atoms with Gasteiger partial charge in [0.25, 0.3) is 0 Å². The van der Waals surface area contributed by atoms with Crippen molar-refractivity contribution < 1.29 is 9.53 Å². The van der Waals surface area contributed by atoms with Gasteiger partial charge in [-0.25, -0.2) is 0 Å². The summed E-state index contributed by atoms with van der Waals surface area (Å²) in [4.78, 5) is 10.4. The lowest BCUT2D eigenvalue weighted by Crippen LogP contribution is -2.14. The first kappa shape index (κ1) is 8.76. The Morgan fingerprint density at radius 2 is 2.33 bits per heavy atom. The summed E-state index contributed by atoms with van der Waals surface area (Å²) in [6, 6.07) is 0. The van der Waals surface area contributed by atoms with Crippen LogP contribution in [0.4, 0.5) is 0 Å². The molecule has 0 aliphatic carbocycles. The highest BCUT2D eigenvalue weighted by molar-refractivity contribution is 6.26. The number of esters is 1. The molecule has 9 heavy (non-hydrogen) atoms. The fraction of sp³-hybridized carbons (Fsp3) is 0.833. The van der Waals surface area contributed by atoms with Crippen molar-refractivity contribution >= 4 is 17.6 Å². The van der Waals surface area contributed by atoms with E-state index in [2.05, 4.69) is 0 Å². The Kier molecular flexibility index (Phi) is 4.50. The van der Waals surface area contributed by atoms with Crippen molar-refractivity contribution in [2.45, 2.75) is 26.4 Å². The van der Waals surface area contributed by atoms with Crippen LogP contribution < -0.4 is 0 Å². The highest BCUT2D eigenvalue weighted by Crippen LogP contribution is 1.96. The quantitative estimate of drug-likeness (QED) is 0.451. The van der Waals surface area contributed by atoms with Gasteiger partial charge in [0.05, 0.1) is 6.10 Å². The van der Waals surface area contributed by atoms with Gasteiger partial charge in [-0.3, -0.25) is 4.79 Å². The molecule has 3 heteroatoms. The van der Waals surface area contributed by atoms with Gasteiger partial charge in [-0.2, -0.15) is 0 Å². The fourth-order valence-electron chi connectivity index (χ4n) is 0.339. The summed E-state index contributed by atoms with van der Waals surface area (Å²) in [5.74, 6) is -0.393. The molecule has 0 unspecified atom stereocenters. The molecular weight excluding hydrogens is 140 g/mol. The predicted molar refractivity (Wildman–Crippen MR) is 36.6 cm³/mol. The van der Waals surface area contributed by atoms with E-state index in [1.165, 1.54) is 0 Å². The number of hydrogen-bond acceptors (Lipinski definition) is 2. The van der Waals surface area contributed by atoms with Crippen molar-refractivity contribution in [1.29, 1.82) is 0 Å². The third-order valence-corrected chi connectivity index (χ3v) is 1.23. The van der Waals surface area contributed by atoms with Gasteiger partial charge in [0, 0.05) is 0 Å². The highest BCUT2D eigenvalue weighted by atomic mass is 35.5. The molecule has 0 heterocycles. The summed E-state index contributed by atoms with van der Waals surface area (Å²) >= 11 is 5.18. The van der Waals surface area contributed by atoms with Gasteiger partial charge in [0.2, 0.25) is 0 Å². The van der Waals surface area contributed by atoms with Crippen molar-refractivity contribution in [2.24, 2.45) is 0 Å². The standard InChI is InChI=1S/C6H11ClO2/c1-3-5(2)9-6(8)4-7/h5H,3-4H2,1-2H3/t5-/m0/s1. The van der Waals surface area contributed by atoms with Crippen LogP contribution >= 0.6 is 11.6 Å². The van der Waals surface area contributed by atoms with E-state index in [-0.39, 0.29) is 18.0 Å². The van der Waals surface area contributed by atoms with Crippen LogP contribution in [0.1, 0.15) is 20.3 Å². The Balaban J connectivity index is 3.34. The van der Waals surface area contributed by atoms with Crippen molar-refractivity contribution in [3.8, 4) is 0 Å². The van der Waals surface area contributed by atoms with E-state index < -0.39 is 0 Å². The number of rotatable bonds is 3. The Labute approximate surface area is 60.1 Å². The van der Waals surface area contributed by atoms with Crippen LogP contribution in [0.15, 0.2) is 0 Å². The number of halogens is 1. The molecule has 0 aromatic heterocycles. The van der Waals surface area contributed by atoms with Crippen molar-refractivity contribution in [3.05, 3.63) is 0 Å². The van der Waals surface area contributed by atoms with Crippen molar-refractivity contribution in [2.75, 3.05) is 5.88 Å². The maximum Gasteiger partial charge on any atom is 0.321 e. The average molecular weight is 151 g/mol. The number of hydrogen-bond donors (Lipinski definition) is 0. The van der Waals surface area contributed by atoms with Crippen LogP contribution in [-0.4, -0.2) is 18.0 Å². The van der Waals surface area contributed by atoms with Crippen LogP contribution in [-0.2, 0) is 9.53 Å². The predicted octanol–water partition coefficient (Wildman–Crippen LogP) is 1.57. The van der Waals surface area contributed by atoms with E-state index in [1.54, 1.807) is 0 Å². The first-order valence-electron chi connectivity index (χ1n) is 2.96. The van der Waals surface area contributed by atoms with E-state index in [9.17, 15) is 4.79 Å². The van der Waals surface area contributed by atoms with Crippen LogP contribution in [0.5, 0.6) is 0 Å². The minimum Gasteiger partial charge on any atom is -0.462 e. The topological polar surface area (TPSA) is 26.3 Å². The third kappa shape index (κ3) is 4.28. The molecule has 0 amide bonds. The summed E-state index contributed by atoms with van der Waals surface area (Å²) in [5.41, 5.74) is 0. The lowest BCUT2D eigenvalue weighted by Gasteiger charge is -2.07. The Morgan fingerprint density at radius 1 is 1.78 bits per heavy atom. The molecule has 0 saturated heterocycles. The second-order valence-electron chi connectivity index (χ2n) is 1.84. The van der Waals surface area contributed by atoms with Crippen LogP contribution in [0, 0.1) is 0 Å². The molecule has 2 nitrogen and oxygen atoms in total. The van der Waals surface area contributed by atoms with Crippen LogP contribution in [0.25, 0.3) is 0 Å². The molecule has 0 saturated carbocycles. The zero-order valence-corrected chi connectivity index (χ0v) is 6.44. The van der Waals surface area contributed by atoms with E-state index in [4.69, 9.17) is 16.3 Å². The zero-order valence-electron chi connectivity index (χ0n) is 5.69. The lowest BCUT2D eigenvalue weighted by atomic mass is 10.3. The first-order chi connectivity index (χ1) is 4.20. The van der Waals surface area contributed by atoms with E-state index >= 15 is 0 Å². The minimum absolute atomic E-state index is 0.00347. The Hall–Kier alpha value is -0.240. The van der Waals surface area contributed by atoms with Gasteiger partial charge in [-0.05, 0) is 13.3 Å².